The van der Waals surface area contributed by atoms with Crippen LogP contribution >= 0.6 is 0 Å². The summed E-state index contributed by atoms with van der Waals surface area (Å²) in [4.78, 5) is 45.8. The number of nitrogens with one attached hydrogen (secondary N) is 2. The summed E-state index contributed by atoms with van der Waals surface area (Å²) in [7, 11) is 0. The van der Waals surface area contributed by atoms with Crippen molar-refractivity contribution in [2.45, 2.75) is 25.6 Å². The van der Waals surface area contributed by atoms with Crippen molar-refractivity contribution in [1.29, 1.82) is 0 Å². The van der Waals surface area contributed by atoms with Gasteiger partial charge >= 0.3 is 24.1 Å². The van der Waals surface area contributed by atoms with Crippen LogP contribution in [0.25, 0.3) is 0 Å². The fraction of sp³-hybridized carbons (Fsp3) is 0.333. The summed E-state index contributed by atoms with van der Waals surface area (Å²) >= 11 is 0. The summed E-state index contributed by atoms with van der Waals surface area (Å²) in [6.45, 7) is 1.46. The molecule has 0 unspecified atom stereocenters. The number of ether oxygens (including phenoxy) is 1. The number of amides is 2. The van der Waals surface area contributed by atoms with Crippen LogP contribution in [0.1, 0.15) is 23.7 Å². The number of hydrogen-bond donors (Lipinski definition) is 3. The van der Waals surface area contributed by atoms with Gasteiger partial charge in [0.25, 0.3) is 0 Å². The van der Waals surface area contributed by atoms with Crippen LogP contribution in [0, 0.1) is 0 Å². The highest BCUT2D eigenvalue weighted by atomic mass is 19.4. The highest BCUT2D eigenvalue weighted by Gasteiger charge is 2.39. The lowest BCUT2D eigenvalue weighted by molar-refractivity contribution is -0.167. The van der Waals surface area contributed by atoms with Gasteiger partial charge in [0.15, 0.2) is 5.78 Å². The number of carbonyl (C=O) groups excluding carboxylic acids is 3. The molecule has 0 aliphatic carbocycles. The first kappa shape index (κ1) is 20.9. The fourth-order valence-corrected chi connectivity index (χ4v) is 1.84. The zero-order valence-electron chi connectivity index (χ0n) is 13.4. The maximum absolute atomic E-state index is 12.4. The number of benzene rings is 1. The van der Waals surface area contributed by atoms with Crippen LogP contribution in [-0.2, 0) is 14.3 Å². The lowest BCUT2D eigenvalue weighted by atomic mass is 10.0. The second-order valence-electron chi connectivity index (χ2n) is 4.88. The average molecular weight is 376 g/mol. The van der Waals surface area contributed by atoms with Gasteiger partial charge in [-0.1, -0.05) is 12.1 Å². The van der Waals surface area contributed by atoms with Gasteiger partial charge in [-0.15, -0.1) is 0 Å². The SMILES string of the molecule is CCOC(=O)N[C@@H](CC(=O)c1ccccc1NC(=O)C(F)(F)F)C(=O)O. The predicted molar refractivity (Wildman–Crippen MR) is 81.7 cm³/mol. The molecular formula is C15H15F3N2O6. The highest BCUT2D eigenvalue weighted by molar-refractivity contribution is 6.07. The van der Waals surface area contributed by atoms with Crippen molar-refractivity contribution in [3.05, 3.63) is 29.8 Å². The molecule has 1 aromatic carbocycles. The van der Waals surface area contributed by atoms with E-state index in [1.807, 2.05) is 5.32 Å². The van der Waals surface area contributed by atoms with Gasteiger partial charge in [0.05, 0.1) is 12.3 Å². The van der Waals surface area contributed by atoms with E-state index in [9.17, 15) is 32.3 Å². The minimum Gasteiger partial charge on any atom is -0.480 e. The normalized spacial score (nSPS) is 12.0. The molecule has 2 amide bonds. The largest absolute Gasteiger partial charge is 0.480 e. The summed E-state index contributed by atoms with van der Waals surface area (Å²) in [6, 6.07) is 3.13. The molecule has 3 N–H and O–H groups in total. The average Bonchev–Trinajstić information content (AvgIpc) is 2.53. The smallest absolute Gasteiger partial charge is 0.471 e. The van der Waals surface area contributed by atoms with Crippen molar-refractivity contribution < 1.29 is 42.2 Å². The van der Waals surface area contributed by atoms with E-state index in [1.165, 1.54) is 19.1 Å². The zero-order chi connectivity index (χ0) is 19.9. The molecule has 0 saturated heterocycles. The maximum atomic E-state index is 12.4. The lowest BCUT2D eigenvalue weighted by Crippen LogP contribution is -2.42. The Hall–Kier alpha value is -3.11. The third-order valence-corrected chi connectivity index (χ3v) is 2.99. The maximum Gasteiger partial charge on any atom is 0.471 e. The number of carbonyl (C=O) groups is 4. The Morgan fingerprint density at radius 2 is 1.81 bits per heavy atom. The number of halogens is 3. The quantitative estimate of drug-likeness (QED) is 0.626. The van der Waals surface area contributed by atoms with Crippen molar-refractivity contribution >= 4 is 29.4 Å². The number of alkyl halides is 3. The molecule has 1 aromatic rings. The molecule has 0 heterocycles. The summed E-state index contributed by atoms with van der Waals surface area (Å²) in [5.74, 6) is -4.72. The fourth-order valence-electron chi connectivity index (χ4n) is 1.84. The molecule has 0 radical (unpaired) electrons. The van der Waals surface area contributed by atoms with Crippen molar-refractivity contribution in [3.8, 4) is 0 Å². The van der Waals surface area contributed by atoms with Crippen LogP contribution in [0.3, 0.4) is 0 Å². The monoisotopic (exact) mass is 376 g/mol. The second-order valence-corrected chi connectivity index (χ2v) is 4.88. The Labute approximate surface area is 145 Å². The van der Waals surface area contributed by atoms with Crippen LogP contribution in [0.15, 0.2) is 24.3 Å². The van der Waals surface area contributed by atoms with E-state index in [1.54, 1.807) is 5.32 Å². The number of anilines is 1. The van der Waals surface area contributed by atoms with Gasteiger partial charge in [-0.2, -0.15) is 13.2 Å². The molecule has 1 rings (SSSR count). The Morgan fingerprint density at radius 3 is 2.35 bits per heavy atom. The molecular weight excluding hydrogens is 361 g/mol. The Balaban J connectivity index is 2.97. The summed E-state index contributed by atoms with van der Waals surface area (Å²) < 4.78 is 41.6. The molecule has 0 saturated carbocycles. The molecule has 142 valence electrons. The standard InChI is InChI=1S/C15H15F3N2O6/c1-2-26-14(25)20-10(12(22)23)7-11(21)8-5-3-4-6-9(8)19-13(24)15(16,17)18/h3-6,10H,2,7H2,1H3,(H,19,24)(H,20,25)(H,22,23)/t10-/m0/s1. The van der Waals surface area contributed by atoms with E-state index in [0.717, 1.165) is 12.1 Å². The van der Waals surface area contributed by atoms with Crippen molar-refractivity contribution in [2.75, 3.05) is 11.9 Å². The topological polar surface area (TPSA) is 122 Å². The first-order valence-electron chi connectivity index (χ1n) is 7.22. The molecule has 0 fully saturated rings. The van der Waals surface area contributed by atoms with E-state index in [4.69, 9.17) is 5.11 Å². The van der Waals surface area contributed by atoms with Gasteiger partial charge in [-0.25, -0.2) is 9.59 Å². The second kappa shape index (κ2) is 8.83. The number of rotatable bonds is 7. The highest BCUT2D eigenvalue weighted by Crippen LogP contribution is 2.22. The van der Waals surface area contributed by atoms with Gasteiger partial charge in [0.1, 0.15) is 6.04 Å². The molecule has 0 aliphatic heterocycles. The van der Waals surface area contributed by atoms with Crippen LogP contribution in [0.5, 0.6) is 0 Å². The van der Waals surface area contributed by atoms with Gasteiger partial charge < -0.3 is 20.5 Å². The van der Waals surface area contributed by atoms with E-state index in [0.29, 0.717) is 0 Å². The first-order valence-corrected chi connectivity index (χ1v) is 7.22. The molecule has 11 heteroatoms. The van der Waals surface area contributed by atoms with Gasteiger partial charge in [0, 0.05) is 12.0 Å². The molecule has 26 heavy (non-hydrogen) atoms. The van der Waals surface area contributed by atoms with Crippen LogP contribution in [-0.4, -0.2) is 47.7 Å². The number of Topliss-reactive ketones (excluding diaryl/α,β-unsaturated/α-hetero) is 1. The van der Waals surface area contributed by atoms with Gasteiger partial charge in [-0.3, -0.25) is 9.59 Å². The lowest BCUT2D eigenvalue weighted by Gasteiger charge is -2.15. The summed E-state index contributed by atoms with van der Waals surface area (Å²) in [5, 5.41) is 12.6. The third kappa shape index (κ3) is 6.07. The minimum atomic E-state index is -5.16. The minimum absolute atomic E-state index is 0.0293. The summed E-state index contributed by atoms with van der Waals surface area (Å²) in [6.07, 6.45) is -6.98. The number of carboxylic acids is 1. The van der Waals surface area contributed by atoms with Gasteiger partial charge in [-0.05, 0) is 19.1 Å². The van der Waals surface area contributed by atoms with Crippen LogP contribution in [0.4, 0.5) is 23.7 Å². The van der Waals surface area contributed by atoms with Crippen molar-refractivity contribution in [3.63, 3.8) is 0 Å². The molecule has 1 atom stereocenters. The first-order chi connectivity index (χ1) is 12.1. The predicted octanol–water partition coefficient (Wildman–Crippen LogP) is 1.96. The number of para-hydroxylation sites is 1. The van der Waals surface area contributed by atoms with E-state index >= 15 is 0 Å². The number of alkyl carbamates (subject to hydrolysis) is 1. The number of carboxylic acid groups (broad SMARTS) is 1. The Kier molecular flexibility index (Phi) is 7.11. The zero-order valence-corrected chi connectivity index (χ0v) is 13.4. The van der Waals surface area contributed by atoms with Crippen molar-refractivity contribution in [2.24, 2.45) is 0 Å². The van der Waals surface area contributed by atoms with Crippen LogP contribution in [0.2, 0.25) is 0 Å². The number of hydrogen-bond acceptors (Lipinski definition) is 5. The molecule has 0 bridgehead atoms. The van der Waals surface area contributed by atoms with E-state index in [2.05, 4.69) is 4.74 Å². The van der Waals surface area contributed by atoms with E-state index < -0.39 is 48.1 Å². The summed E-state index contributed by atoms with van der Waals surface area (Å²) in [5.41, 5.74) is -0.762. The molecule has 0 aromatic heterocycles. The Morgan fingerprint density at radius 1 is 1.19 bits per heavy atom. The van der Waals surface area contributed by atoms with Crippen molar-refractivity contribution in [1.82, 2.24) is 5.32 Å². The Bertz CT molecular complexity index is 705. The number of aliphatic carboxylic acids is 1. The van der Waals surface area contributed by atoms with Gasteiger partial charge in [0.2, 0.25) is 0 Å². The number of ketones is 1. The molecule has 0 spiro atoms. The molecule has 8 nitrogen and oxygen atoms in total. The third-order valence-electron chi connectivity index (χ3n) is 2.99. The van der Waals surface area contributed by atoms with E-state index in [-0.39, 0.29) is 12.2 Å². The molecule has 0 aliphatic rings. The van der Waals surface area contributed by atoms with Crippen LogP contribution < -0.4 is 10.6 Å².